The fraction of sp³-hybridized carbons (Fsp3) is 0.154. The quantitative estimate of drug-likeness (QED) is 0.210. The number of fused-ring (bicyclic) bond motifs is 1. The number of para-hydroxylation sites is 1. The minimum Gasteiger partial charge on any atom is -0.487 e. The zero-order valence-electron chi connectivity index (χ0n) is 18.1. The van der Waals surface area contributed by atoms with E-state index in [1.54, 1.807) is 6.07 Å². The van der Waals surface area contributed by atoms with Crippen molar-refractivity contribution in [2.45, 2.75) is 24.3 Å². The molecule has 168 valence electrons. The van der Waals surface area contributed by atoms with E-state index in [-0.39, 0.29) is 5.56 Å². The molecule has 0 fully saturated rings. The molecular weight excluding hydrogens is 461 g/mol. The lowest BCUT2D eigenvalue weighted by molar-refractivity contribution is 0.0590. The number of hydrogen-bond acceptors (Lipinski definition) is 5. The molecule has 0 atom stereocenters. The fourth-order valence-corrected chi connectivity index (χ4v) is 4.74. The van der Waals surface area contributed by atoms with Gasteiger partial charge >= 0.3 is 5.97 Å². The highest BCUT2D eigenvalue weighted by molar-refractivity contribution is 7.98. The SMILES string of the molecule is COC(=O)c1c(SCc2ccc(F)cc2Cl)nc2ccccc2c1OCc1ccccc1C. The Hall–Kier alpha value is -3.09. The van der Waals surface area contributed by atoms with Crippen molar-refractivity contribution in [1.82, 2.24) is 4.98 Å². The van der Waals surface area contributed by atoms with E-state index in [1.807, 2.05) is 55.5 Å². The molecule has 1 heterocycles. The summed E-state index contributed by atoms with van der Waals surface area (Å²) in [5.41, 5.74) is 3.79. The molecule has 0 N–H and O–H groups in total. The highest BCUT2D eigenvalue weighted by Crippen LogP contribution is 2.38. The lowest BCUT2D eigenvalue weighted by Crippen LogP contribution is -2.10. The van der Waals surface area contributed by atoms with E-state index < -0.39 is 11.8 Å². The molecule has 0 saturated heterocycles. The van der Waals surface area contributed by atoms with E-state index in [1.165, 1.54) is 31.0 Å². The van der Waals surface area contributed by atoms with E-state index in [4.69, 9.17) is 26.1 Å². The molecule has 4 aromatic rings. The van der Waals surface area contributed by atoms with Crippen LogP contribution >= 0.6 is 23.4 Å². The smallest absolute Gasteiger partial charge is 0.344 e. The third kappa shape index (κ3) is 5.13. The standard InChI is InChI=1S/C26H21ClFNO3S/c1-16-7-3-4-8-17(16)14-32-24-20-9-5-6-10-22(20)29-25(23(24)26(30)31-2)33-15-18-11-12-19(28)13-21(18)27/h3-13H,14-15H2,1-2H3. The van der Waals surface area contributed by atoms with Crippen molar-refractivity contribution in [3.05, 3.63) is 99.8 Å². The predicted octanol–water partition coefficient (Wildman–Crippen LogP) is 6.99. The number of nitrogens with zero attached hydrogens (tertiary/aromatic N) is 1. The second kappa shape index (κ2) is 10.2. The number of benzene rings is 3. The number of methoxy groups -OCH3 is 1. The summed E-state index contributed by atoms with van der Waals surface area (Å²) < 4.78 is 24.8. The number of aryl methyl sites for hydroxylation is 1. The number of aromatic nitrogens is 1. The summed E-state index contributed by atoms with van der Waals surface area (Å²) in [5, 5.41) is 1.50. The summed E-state index contributed by atoms with van der Waals surface area (Å²) in [6.07, 6.45) is 0. The van der Waals surface area contributed by atoms with Gasteiger partial charge in [0.1, 0.15) is 28.8 Å². The van der Waals surface area contributed by atoms with E-state index in [2.05, 4.69) is 0 Å². The maximum Gasteiger partial charge on any atom is 0.344 e. The molecule has 7 heteroatoms. The minimum atomic E-state index is -0.541. The Morgan fingerprint density at radius 2 is 1.82 bits per heavy atom. The summed E-state index contributed by atoms with van der Waals surface area (Å²) >= 11 is 7.51. The molecule has 0 amide bonds. The maximum atomic E-state index is 13.4. The molecule has 1 aromatic heterocycles. The Morgan fingerprint density at radius 3 is 2.58 bits per heavy atom. The summed E-state index contributed by atoms with van der Waals surface area (Å²) in [7, 11) is 1.33. The van der Waals surface area contributed by atoms with Crippen molar-refractivity contribution in [3.8, 4) is 5.75 Å². The molecule has 0 spiro atoms. The lowest BCUT2D eigenvalue weighted by atomic mass is 10.1. The number of carbonyl (C=O) groups is 1. The van der Waals surface area contributed by atoms with Crippen LogP contribution in [0.2, 0.25) is 5.02 Å². The van der Waals surface area contributed by atoms with E-state index in [0.29, 0.717) is 33.7 Å². The van der Waals surface area contributed by atoms with Gasteiger partial charge in [0.2, 0.25) is 0 Å². The monoisotopic (exact) mass is 481 g/mol. The van der Waals surface area contributed by atoms with Crippen LogP contribution in [0.25, 0.3) is 10.9 Å². The summed E-state index contributed by atoms with van der Waals surface area (Å²) in [6, 6.07) is 19.7. The van der Waals surface area contributed by atoms with Gasteiger partial charge in [0.25, 0.3) is 0 Å². The van der Waals surface area contributed by atoms with Crippen LogP contribution in [0.4, 0.5) is 4.39 Å². The number of halogens is 2. The number of ether oxygens (including phenoxy) is 2. The first kappa shape index (κ1) is 23.1. The molecule has 0 radical (unpaired) electrons. The van der Waals surface area contributed by atoms with Crippen LogP contribution in [-0.2, 0) is 17.1 Å². The van der Waals surface area contributed by atoms with Gasteiger partial charge < -0.3 is 9.47 Å². The normalized spacial score (nSPS) is 10.9. The van der Waals surface area contributed by atoms with Crippen LogP contribution in [0.3, 0.4) is 0 Å². The van der Waals surface area contributed by atoms with E-state index >= 15 is 0 Å². The van der Waals surface area contributed by atoms with Gasteiger partial charge in [-0.15, -0.1) is 11.8 Å². The van der Waals surface area contributed by atoms with E-state index in [0.717, 1.165) is 22.1 Å². The number of esters is 1. The van der Waals surface area contributed by atoms with Crippen LogP contribution in [-0.4, -0.2) is 18.1 Å². The second-order valence-corrected chi connectivity index (χ2v) is 8.74. The van der Waals surface area contributed by atoms with Crippen LogP contribution in [0.5, 0.6) is 5.75 Å². The third-order valence-electron chi connectivity index (χ3n) is 5.21. The molecule has 0 unspecified atom stereocenters. The third-order valence-corrected chi connectivity index (χ3v) is 6.59. The van der Waals surface area contributed by atoms with Crippen LogP contribution in [0, 0.1) is 12.7 Å². The number of rotatable bonds is 7. The largest absolute Gasteiger partial charge is 0.487 e. The van der Waals surface area contributed by atoms with Gasteiger partial charge in [-0.05, 0) is 47.9 Å². The molecule has 0 aliphatic heterocycles. The molecule has 4 rings (SSSR count). The Balaban J connectivity index is 1.77. The van der Waals surface area contributed by atoms with Crippen LogP contribution in [0.1, 0.15) is 27.0 Å². The van der Waals surface area contributed by atoms with Crippen LogP contribution in [0.15, 0.2) is 71.8 Å². The van der Waals surface area contributed by atoms with Gasteiger partial charge in [0.05, 0.1) is 12.6 Å². The van der Waals surface area contributed by atoms with Gasteiger partial charge in [0, 0.05) is 16.2 Å². The van der Waals surface area contributed by atoms with Gasteiger partial charge in [-0.2, -0.15) is 0 Å². The van der Waals surface area contributed by atoms with Crippen molar-refractivity contribution in [2.24, 2.45) is 0 Å². The Labute approximate surface area is 200 Å². The summed E-state index contributed by atoms with van der Waals surface area (Å²) in [6.45, 7) is 2.30. The number of hydrogen-bond donors (Lipinski definition) is 0. The zero-order chi connectivity index (χ0) is 23.4. The average molecular weight is 482 g/mol. The summed E-state index contributed by atoms with van der Waals surface area (Å²) in [4.78, 5) is 17.6. The topological polar surface area (TPSA) is 48.4 Å². The average Bonchev–Trinajstić information content (AvgIpc) is 2.82. The molecule has 3 aromatic carbocycles. The molecular formula is C26H21ClFNO3S. The van der Waals surface area contributed by atoms with Gasteiger partial charge in [-0.25, -0.2) is 14.2 Å². The maximum absolute atomic E-state index is 13.4. The second-order valence-electron chi connectivity index (χ2n) is 7.37. The van der Waals surface area contributed by atoms with Crippen molar-refractivity contribution in [3.63, 3.8) is 0 Å². The van der Waals surface area contributed by atoms with Gasteiger partial charge in [-0.3, -0.25) is 0 Å². The molecule has 4 nitrogen and oxygen atoms in total. The fourth-order valence-electron chi connectivity index (χ4n) is 3.40. The van der Waals surface area contributed by atoms with Crippen molar-refractivity contribution in [1.29, 1.82) is 0 Å². The van der Waals surface area contributed by atoms with Crippen molar-refractivity contribution >= 4 is 40.2 Å². The highest BCUT2D eigenvalue weighted by atomic mass is 35.5. The molecule has 0 aliphatic rings. The highest BCUT2D eigenvalue weighted by Gasteiger charge is 2.24. The van der Waals surface area contributed by atoms with Crippen molar-refractivity contribution < 1.29 is 18.7 Å². The molecule has 0 saturated carbocycles. The van der Waals surface area contributed by atoms with Gasteiger partial charge in [0.15, 0.2) is 0 Å². The van der Waals surface area contributed by atoms with Crippen LogP contribution < -0.4 is 4.74 Å². The Bertz CT molecular complexity index is 1330. The number of pyridine rings is 1. The minimum absolute atomic E-state index is 0.257. The zero-order valence-corrected chi connectivity index (χ0v) is 19.7. The lowest BCUT2D eigenvalue weighted by Gasteiger charge is -2.17. The first-order chi connectivity index (χ1) is 16.0. The Kier molecular flexibility index (Phi) is 7.16. The van der Waals surface area contributed by atoms with Crippen molar-refractivity contribution in [2.75, 3.05) is 7.11 Å². The number of thioether (sulfide) groups is 1. The molecule has 0 aliphatic carbocycles. The first-order valence-electron chi connectivity index (χ1n) is 10.2. The summed E-state index contributed by atoms with van der Waals surface area (Å²) in [5.74, 6) is -0.130. The molecule has 33 heavy (non-hydrogen) atoms. The molecule has 0 bridgehead atoms. The predicted molar refractivity (Wildman–Crippen MR) is 130 cm³/mol. The van der Waals surface area contributed by atoms with Gasteiger partial charge in [-0.1, -0.05) is 54.1 Å². The Morgan fingerprint density at radius 1 is 1.06 bits per heavy atom. The van der Waals surface area contributed by atoms with E-state index in [9.17, 15) is 9.18 Å². The first-order valence-corrected chi connectivity index (χ1v) is 11.6. The number of carbonyl (C=O) groups excluding carboxylic acids is 1.